The van der Waals surface area contributed by atoms with Crippen LogP contribution in [0.15, 0.2) is 71.9 Å². The van der Waals surface area contributed by atoms with Crippen molar-refractivity contribution in [3.05, 3.63) is 106 Å². The second-order valence-electron chi connectivity index (χ2n) is 7.38. The molecule has 1 amide bonds. The van der Waals surface area contributed by atoms with Gasteiger partial charge in [-0.25, -0.2) is 15.0 Å². The molecule has 160 valence electrons. The number of benzene rings is 1. The average Bonchev–Trinajstić information content (AvgIpc) is 2.79. The topological polar surface area (TPSA) is 114 Å². The van der Waals surface area contributed by atoms with Crippen LogP contribution >= 0.6 is 0 Å². The lowest BCUT2D eigenvalue weighted by Crippen LogP contribution is -2.31. The van der Waals surface area contributed by atoms with Crippen molar-refractivity contribution in [3.8, 4) is 11.4 Å². The summed E-state index contributed by atoms with van der Waals surface area (Å²) in [6.45, 7) is 3.56. The van der Waals surface area contributed by atoms with E-state index in [-0.39, 0.29) is 11.5 Å². The first-order valence-electron chi connectivity index (χ1n) is 10.2. The van der Waals surface area contributed by atoms with Crippen molar-refractivity contribution >= 4 is 5.91 Å². The maximum Gasteiger partial charge on any atom is 0.255 e. The van der Waals surface area contributed by atoms with Gasteiger partial charge in [0.25, 0.3) is 11.5 Å². The first kappa shape index (κ1) is 21.0. The number of aromatic amines is 1. The molecule has 0 aliphatic heterocycles. The molecule has 0 aliphatic carbocycles. The second kappa shape index (κ2) is 9.30. The van der Waals surface area contributed by atoms with E-state index in [2.05, 4.69) is 30.2 Å². The van der Waals surface area contributed by atoms with Gasteiger partial charge in [0.15, 0.2) is 0 Å². The minimum absolute atomic E-state index is 0.269. The summed E-state index contributed by atoms with van der Waals surface area (Å²) >= 11 is 0. The smallest absolute Gasteiger partial charge is 0.255 e. The predicted octanol–water partition coefficient (Wildman–Crippen LogP) is 2.95. The highest BCUT2D eigenvalue weighted by Crippen LogP contribution is 2.20. The Morgan fingerprint density at radius 2 is 1.88 bits per heavy atom. The second-order valence-corrected chi connectivity index (χ2v) is 7.38. The number of carbonyl (C=O) groups excluding carboxylic acids is 1. The van der Waals surface area contributed by atoms with Gasteiger partial charge in [0.1, 0.15) is 11.6 Å². The zero-order valence-corrected chi connectivity index (χ0v) is 17.7. The lowest BCUT2D eigenvalue weighted by molar-refractivity contribution is 0.0935. The van der Waals surface area contributed by atoms with Gasteiger partial charge in [0.05, 0.1) is 23.0 Å². The fourth-order valence-electron chi connectivity index (χ4n) is 3.44. The third kappa shape index (κ3) is 4.92. The zero-order chi connectivity index (χ0) is 22.5. The first-order chi connectivity index (χ1) is 15.5. The number of hydrogen-bond acceptors (Lipinski definition) is 6. The fraction of sp³-hybridized carbons (Fsp3) is 0.167. The molecular formula is C24H22N6O2. The van der Waals surface area contributed by atoms with E-state index in [1.807, 2.05) is 36.4 Å². The summed E-state index contributed by atoms with van der Waals surface area (Å²) in [5, 5.41) is 3.05. The molecule has 2 N–H and O–H groups in total. The van der Waals surface area contributed by atoms with Crippen LogP contribution < -0.4 is 10.9 Å². The van der Waals surface area contributed by atoms with E-state index < -0.39 is 6.04 Å². The summed E-state index contributed by atoms with van der Waals surface area (Å²) in [7, 11) is 0. The van der Waals surface area contributed by atoms with Crippen molar-refractivity contribution < 1.29 is 4.79 Å². The Morgan fingerprint density at radius 1 is 1.06 bits per heavy atom. The number of rotatable bonds is 6. The SMILES string of the molecule is Cc1ncc(C(=O)N[C@H](Cc2cc(=O)[nH]c(-c3cccnc3)n2)c2ccccc2)c(C)n1. The van der Waals surface area contributed by atoms with E-state index in [1.165, 1.54) is 12.3 Å². The molecule has 0 aliphatic rings. The quantitative estimate of drug-likeness (QED) is 0.490. The van der Waals surface area contributed by atoms with E-state index in [0.717, 1.165) is 5.56 Å². The van der Waals surface area contributed by atoms with Gasteiger partial charge in [-0.15, -0.1) is 0 Å². The minimum atomic E-state index is -0.402. The molecule has 4 rings (SSSR count). The van der Waals surface area contributed by atoms with Crippen LogP contribution in [0.25, 0.3) is 11.4 Å². The molecule has 0 radical (unpaired) electrons. The fourth-order valence-corrected chi connectivity index (χ4v) is 3.44. The van der Waals surface area contributed by atoms with Crippen LogP contribution in [0, 0.1) is 13.8 Å². The maximum absolute atomic E-state index is 13.0. The van der Waals surface area contributed by atoms with Gasteiger partial charge in [-0.05, 0) is 31.5 Å². The van der Waals surface area contributed by atoms with Crippen molar-refractivity contribution in [2.24, 2.45) is 0 Å². The molecule has 8 nitrogen and oxygen atoms in total. The lowest BCUT2D eigenvalue weighted by Gasteiger charge is -2.20. The number of H-pyrrole nitrogens is 1. The number of aryl methyl sites for hydroxylation is 2. The van der Waals surface area contributed by atoms with Crippen LogP contribution in [0.5, 0.6) is 0 Å². The Balaban J connectivity index is 1.66. The molecule has 1 aromatic carbocycles. The molecule has 0 unspecified atom stereocenters. The van der Waals surface area contributed by atoms with Gasteiger partial charge in [0, 0.05) is 36.6 Å². The number of carbonyl (C=O) groups is 1. The number of hydrogen-bond donors (Lipinski definition) is 2. The molecule has 0 bridgehead atoms. The molecule has 0 saturated heterocycles. The molecule has 0 spiro atoms. The number of nitrogens with zero attached hydrogens (tertiary/aromatic N) is 4. The highest BCUT2D eigenvalue weighted by atomic mass is 16.1. The molecular weight excluding hydrogens is 404 g/mol. The highest BCUT2D eigenvalue weighted by Gasteiger charge is 2.20. The Hall–Kier alpha value is -4.20. The van der Waals surface area contributed by atoms with E-state index >= 15 is 0 Å². The molecule has 0 saturated carbocycles. The van der Waals surface area contributed by atoms with Gasteiger partial charge in [-0.3, -0.25) is 14.6 Å². The van der Waals surface area contributed by atoms with Crippen LogP contribution in [0.3, 0.4) is 0 Å². The number of pyridine rings is 1. The normalized spacial score (nSPS) is 11.7. The molecule has 32 heavy (non-hydrogen) atoms. The Morgan fingerprint density at radius 3 is 2.59 bits per heavy atom. The van der Waals surface area contributed by atoms with E-state index in [9.17, 15) is 9.59 Å². The molecule has 1 atom stereocenters. The van der Waals surface area contributed by atoms with Crippen molar-refractivity contribution in [1.29, 1.82) is 0 Å². The van der Waals surface area contributed by atoms with Gasteiger partial charge in [0.2, 0.25) is 0 Å². The Kier molecular flexibility index (Phi) is 6.12. The summed E-state index contributed by atoms with van der Waals surface area (Å²) in [5.74, 6) is 0.754. The van der Waals surface area contributed by atoms with Gasteiger partial charge in [-0.2, -0.15) is 0 Å². The zero-order valence-electron chi connectivity index (χ0n) is 17.7. The molecule has 3 heterocycles. The Labute approximate surface area is 184 Å². The number of aromatic nitrogens is 5. The average molecular weight is 426 g/mol. The number of amides is 1. The van der Waals surface area contributed by atoms with Gasteiger partial charge in [-0.1, -0.05) is 30.3 Å². The number of nitrogens with one attached hydrogen (secondary N) is 2. The molecule has 0 fully saturated rings. The maximum atomic E-state index is 13.0. The monoisotopic (exact) mass is 426 g/mol. The van der Waals surface area contributed by atoms with E-state index in [1.54, 1.807) is 32.3 Å². The van der Waals surface area contributed by atoms with Crippen LogP contribution in [0.4, 0.5) is 0 Å². The summed E-state index contributed by atoms with van der Waals surface area (Å²) < 4.78 is 0. The summed E-state index contributed by atoms with van der Waals surface area (Å²) in [6.07, 6.45) is 5.15. The molecule has 4 aromatic rings. The van der Waals surface area contributed by atoms with Crippen molar-refractivity contribution in [3.63, 3.8) is 0 Å². The molecule has 8 heteroatoms. The highest BCUT2D eigenvalue weighted by molar-refractivity contribution is 5.95. The summed E-state index contributed by atoms with van der Waals surface area (Å²) in [5.41, 5.74) is 2.91. The first-order valence-corrected chi connectivity index (χ1v) is 10.2. The van der Waals surface area contributed by atoms with Gasteiger partial charge < -0.3 is 10.3 Å². The van der Waals surface area contributed by atoms with Crippen molar-refractivity contribution in [2.75, 3.05) is 0 Å². The Bertz CT molecular complexity index is 1290. The van der Waals surface area contributed by atoms with Crippen LogP contribution in [0.2, 0.25) is 0 Å². The van der Waals surface area contributed by atoms with Crippen LogP contribution in [-0.4, -0.2) is 30.8 Å². The predicted molar refractivity (Wildman–Crippen MR) is 120 cm³/mol. The molecule has 3 aromatic heterocycles. The van der Waals surface area contributed by atoms with Crippen molar-refractivity contribution in [2.45, 2.75) is 26.3 Å². The van der Waals surface area contributed by atoms with Crippen LogP contribution in [0.1, 0.15) is 39.2 Å². The van der Waals surface area contributed by atoms with Crippen molar-refractivity contribution in [1.82, 2.24) is 30.2 Å². The minimum Gasteiger partial charge on any atom is -0.345 e. The van der Waals surface area contributed by atoms with E-state index in [0.29, 0.717) is 40.6 Å². The summed E-state index contributed by atoms with van der Waals surface area (Å²) in [4.78, 5) is 45.2. The van der Waals surface area contributed by atoms with E-state index in [4.69, 9.17) is 0 Å². The largest absolute Gasteiger partial charge is 0.345 e. The summed E-state index contributed by atoms with van der Waals surface area (Å²) in [6, 6.07) is 14.2. The third-order valence-electron chi connectivity index (χ3n) is 4.99. The third-order valence-corrected chi connectivity index (χ3v) is 4.99. The van der Waals surface area contributed by atoms with Gasteiger partial charge >= 0.3 is 0 Å². The standard InChI is InChI=1S/C24H22N6O2/c1-15-20(14-26-16(2)27-15)24(32)29-21(17-7-4-3-5-8-17)11-19-12-22(31)30-23(28-19)18-9-6-10-25-13-18/h3-10,12-14,21H,11H2,1-2H3,(H,29,32)(H,28,30,31)/t21-/m1/s1. The van der Waals surface area contributed by atoms with Crippen LogP contribution in [-0.2, 0) is 6.42 Å². The lowest BCUT2D eigenvalue weighted by atomic mass is 10.0.